The highest BCUT2D eigenvalue weighted by atomic mass is 16.5. The molecule has 0 aromatic carbocycles. The van der Waals surface area contributed by atoms with Crippen molar-refractivity contribution in [2.45, 2.75) is 33.4 Å². The van der Waals surface area contributed by atoms with Crippen LogP contribution >= 0.6 is 0 Å². The Kier molecular flexibility index (Phi) is 12.4. The van der Waals surface area contributed by atoms with Crippen LogP contribution in [0.15, 0.2) is 110 Å². The number of carbonyl (C=O) groups is 2. The van der Waals surface area contributed by atoms with Crippen LogP contribution in [0.5, 0.6) is 0 Å². The number of hydrogen-bond acceptors (Lipinski definition) is 11. The van der Waals surface area contributed by atoms with Crippen LogP contribution in [0.25, 0.3) is 44.3 Å². The summed E-state index contributed by atoms with van der Waals surface area (Å²) < 4.78 is 5.15. The Bertz CT molecular complexity index is 2670. The van der Waals surface area contributed by atoms with Crippen molar-refractivity contribution in [3.05, 3.63) is 133 Å². The number of urea groups is 2. The molecule has 0 bridgehead atoms. The SMILES string of the molecule is COCCN(Cc1cccnc1)C(=O)Nc1cc2[nH]nc(-c3ccnc(C)c3)c2cn1.Cc1cc(-c2n[nH]c3cc(NC(=O)NC(C)c4cccnc4)ncc23)ccn1. The van der Waals surface area contributed by atoms with Gasteiger partial charge in [0.05, 0.1) is 23.7 Å². The van der Waals surface area contributed by atoms with Crippen molar-refractivity contribution < 1.29 is 14.3 Å². The van der Waals surface area contributed by atoms with Gasteiger partial charge in [-0.3, -0.25) is 40.8 Å². The van der Waals surface area contributed by atoms with Gasteiger partial charge in [0.1, 0.15) is 23.0 Å². The normalized spacial score (nSPS) is 11.4. The van der Waals surface area contributed by atoms with Crippen LogP contribution < -0.4 is 16.0 Å². The highest BCUT2D eigenvalue weighted by Crippen LogP contribution is 2.28. The van der Waals surface area contributed by atoms with Gasteiger partial charge in [-0.1, -0.05) is 12.1 Å². The summed E-state index contributed by atoms with van der Waals surface area (Å²) in [5.41, 5.74) is 8.77. The van der Waals surface area contributed by atoms with Crippen molar-refractivity contribution in [2.24, 2.45) is 0 Å². The molecule has 0 aliphatic rings. The standard InChI is InChI=1S/C22H23N7O2.C20H19N7O/c1-15-10-17(5-7-24-15)21-18-13-25-20(11-19(18)27-28-21)26-22(30)29(8-9-31-2)14-16-4-3-6-23-12-16;1-12-8-14(5-7-22-12)19-16-11-23-18(9-17(16)26-27-19)25-20(28)24-13(2)15-4-3-6-21-10-15/h3-7,10-13H,8-9,14H2,1-2H3,(H,27,28)(H,25,26,30);3-11,13H,1-2H3,(H,26,27)(H2,23,24,25,28). The topological polar surface area (TPSA) is 217 Å². The molecule has 0 aliphatic carbocycles. The van der Waals surface area contributed by atoms with Gasteiger partial charge in [-0.2, -0.15) is 10.2 Å². The first-order valence-electron chi connectivity index (χ1n) is 18.7. The van der Waals surface area contributed by atoms with Gasteiger partial charge in [0.15, 0.2) is 0 Å². The Morgan fingerprint density at radius 3 is 1.86 bits per heavy atom. The van der Waals surface area contributed by atoms with E-state index in [1.807, 2.05) is 69.3 Å². The summed E-state index contributed by atoms with van der Waals surface area (Å²) in [5.74, 6) is 0.872. The van der Waals surface area contributed by atoms with E-state index in [-0.39, 0.29) is 18.1 Å². The lowest BCUT2D eigenvalue weighted by atomic mass is 10.1. The van der Waals surface area contributed by atoms with Crippen molar-refractivity contribution in [2.75, 3.05) is 30.9 Å². The number of amides is 4. The number of H-pyrrole nitrogens is 2. The maximum absolute atomic E-state index is 12.9. The number of pyridine rings is 6. The molecular formula is C42H42N14O3. The number of aromatic nitrogens is 10. The molecule has 1 unspecified atom stereocenters. The molecule has 8 aromatic rings. The highest BCUT2D eigenvalue weighted by Gasteiger charge is 2.17. The molecule has 0 radical (unpaired) electrons. The molecule has 4 amide bonds. The summed E-state index contributed by atoms with van der Waals surface area (Å²) in [6.07, 6.45) is 13.8. The third-order valence-electron chi connectivity index (χ3n) is 9.19. The lowest BCUT2D eigenvalue weighted by Gasteiger charge is -2.22. The fourth-order valence-electron chi connectivity index (χ4n) is 6.21. The van der Waals surface area contributed by atoms with Gasteiger partial charge in [-0.25, -0.2) is 19.6 Å². The van der Waals surface area contributed by atoms with Crippen molar-refractivity contribution in [1.82, 2.24) is 60.5 Å². The minimum absolute atomic E-state index is 0.175. The van der Waals surface area contributed by atoms with Crippen molar-refractivity contribution >= 4 is 45.5 Å². The number of nitrogens with zero attached hydrogens (tertiary/aromatic N) is 9. The van der Waals surface area contributed by atoms with E-state index in [2.05, 4.69) is 66.2 Å². The number of fused-ring (bicyclic) bond motifs is 2. The van der Waals surface area contributed by atoms with Gasteiger partial charge < -0.3 is 15.0 Å². The number of rotatable bonds is 11. The molecule has 17 nitrogen and oxygen atoms in total. The van der Waals surface area contributed by atoms with Crippen molar-refractivity contribution in [3.8, 4) is 22.5 Å². The molecular weight excluding hydrogens is 749 g/mol. The number of aryl methyl sites for hydroxylation is 2. The van der Waals surface area contributed by atoms with E-state index >= 15 is 0 Å². The Balaban J connectivity index is 0.000000180. The van der Waals surface area contributed by atoms with Crippen LogP contribution in [0, 0.1) is 13.8 Å². The quantitative estimate of drug-likeness (QED) is 0.0898. The van der Waals surface area contributed by atoms with Gasteiger partial charge in [0.25, 0.3) is 0 Å². The molecule has 8 aromatic heterocycles. The zero-order chi connectivity index (χ0) is 41.1. The fraction of sp³-hybridized carbons (Fsp3) is 0.190. The predicted molar refractivity (Wildman–Crippen MR) is 224 cm³/mol. The zero-order valence-corrected chi connectivity index (χ0v) is 32.8. The number of aromatic amines is 2. The minimum Gasteiger partial charge on any atom is -0.383 e. The number of nitrogens with one attached hydrogen (secondary N) is 5. The first-order valence-corrected chi connectivity index (χ1v) is 18.7. The van der Waals surface area contributed by atoms with Crippen LogP contribution in [0.3, 0.4) is 0 Å². The van der Waals surface area contributed by atoms with E-state index in [0.29, 0.717) is 31.3 Å². The van der Waals surface area contributed by atoms with Crippen LogP contribution in [-0.4, -0.2) is 87.5 Å². The molecule has 0 saturated carbocycles. The third-order valence-corrected chi connectivity index (χ3v) is 9.19. The van der Waals surface area contributed by atoms with Gasteiger partial charge >= 0.3 is 12.1 Å². The molecule has 8 rings (SSSR count). The second-order valence-electron chi connectivity index (χ2n) is 13.6. The molecule has 0 saturated heterocycles. The predicted octanol–water partition coefficient (Wildman–Crippen LogP) is 7.01. The number of ether oxygens (including phenoxy) is 1. The average molecular weight is 791 g/mol. The maximum atomic E-state index is 12.9. The Labute approximate surface area is 339 Å². The molecule has 17 heteroatoms. The Hall–Kier alpha value is -7.66. The summed E-state index contributed by atoms with van der Waals surface area (Å²) >= 11 is 0. The molecule has 1 atom stereocenters. The van der Waals surface area contributed by atoms with E-state index in [1.54, 1.807) is 73.7 Å². The summed E-state index contributed by atoms with van der Waals surface area (Å²) in [7, 11) is 1.61. The molecule has 0 spiro atoms. The van der Waals surface area contributed by atoms with Gasteiger partial charge in [0.2, 0.25) is 0 Å². The monoisotopic (exact) mass is 790 g/mol. The molecule has 8 heterocycles. The number of methoxy groups -OCH3 is 1. The van der Waals surface area contributed by atoms with E-state index < -0.39 is 0 Å². The zero-order valence-electron chi connectivity index (χ0n) is 32.8. The second-order valence-corrected chi connectivity index (χ2v) is 13.6. The fourth-order valence-corrected chi connectivity index (χ4v) is 6.21. The Morgan fingerprint density at radius 2 is 1.32 bits per heavy atom. The van der Waals surface area contributed by atoms with Gasteiger partial charge in [-0.05, 0) is 68.3 Å². The summed E-state index contributed by atoms with van der Waals surface area (Å²) in [6.45, 7) is 7.05. The summed E-state index contributed by atoms with van der Waals surface area (Å²) in [5, 5.41) is 25.1. The van der Waals surface area contributed by atoms with Crippen LogP contribution in [0.2, 0.25) is 0 Å². The first kappa shape index (κ1) is 39.6. The number of hydrogen-bond donors (Lipinski definition) is 5. The minimum atomic E-state index is -0.340. The largest absolute Gasteiger partial charge is 0.383 e. The molecule has 0 fully saturated rings. The molecule has 298 valence electrons. The molecule has 59 heavy (non-hydrogen) atoms. The number of anilines is 2. The van der Waals surface area contributed by atoms with E-state index in [1.165, 1.54) is 0 Å². The van der Waals surface area contributed by atoms with Crippen molar-refractivity contribution in [1.29, 1.82) is 0 Å². The molecule has 5 N–H and O–H groups in total. The summed E-state index contributed by atoms with van der Waals surface area (Å²) in [6, 6.07) is 18.0. The smallest absolute Gasteiger partial charge is 0.323 e. The first-order chi connectivity index (χ1) is 28.7. The Morgan fingerprint density at radius 1 is 0.729 bits per heavy atom. The number of carbonyl (C=O) groups excluding carboxylic acids is 2. The van der Waals surface area contributed by atoms with Crippen LogP contribution in [-0.2, 0) is 11.3 Å². The van der Waals surface area contributed by atoms with E-state index in [4.69, 9.17) is 4.74 Å². The van der Waals surface area contributed by atoms with Gasteiger partial charge in [0, 0.05) is 115 Å². The highest BCUT2D eigenvalue weighted by molar-refractivity contribution is 5.97. The third kappa shape index (κ3) is 10.0. The molecule has 0 aliphatic heterocycles. The van der Waals surface area contributed by atoms with E-state index in [9.17, 15) is 9.59 Å². The lowest BCUT2D eigenvalue weighted by molar-refractivity contribution is 0.152. The van der Waals surface area contributed by atoms with E-state index in [0.717, 1.165) is 66.8 Å². The van der Waals surface area contributed by atoms with Crippen LogP contribution in [0.4, 0.5) is 21.2 Å². The van der Waals surface area contributed by atoms with Gasteiger partial charge in [-0.15, -0.1) is 0 Å². The lowest BCUT2D eigenvalue weighted by Crippen LogP contribution is -2.37. The summed E-state index contributed by atoms with van der Waals surface area (Å²) in [4.78, 5) is 52.2. The van der Waals surface area contributed by atoms with Crippen molar-refractivity contribution in [3.63, 3.8) is 0 Å². The second kappa shape index (κ2) is 18.5. The maximum Gasteiger partial charge on any atom is 0.323 e. The van der Waals surface area contributed by atoms with Crippen LogP contribution in [0.1, 0.15) is 35.5 Å². The average Bonchev–Trinajstić information content (AvgIpc) is 3.87.